The number of carbonyl (C=O) groups is 3. The molecule has 0 unspecified atom stereocenters. The number of rotatable bonds is 6. The van der Waals surface area contributed by atoms with Gasteiger partial charge >= 0.3 is 0 Å². The van der Waals surface area contributed by atoms with Crippen molar-refractivity contribution >= 4 is 29.2 Å². The Kier molecular flexibility index (Phi) is 6.16. The van der Waals surface area contributed by atoms with Gasteiger partial charge in [-0.2, -0.15) is 0 Å². The molecule has 214 valence electrons. The average molecular weight is 575 g/mol. The average Bonchev–Trinajstić information content (AvgIpc) is 3.52. The third kappa shape index (κ3) is 3.75. The van der Waals surface area contributed by atoms with Crippen molar-refractivity contribution in [1.29, 1.82) is 0 Å². The van der Waals surface area contributed by atoms with Gasteiger partial charge in [0.1, 0.15) is 17.2 Å². The topological polar surface area (TPSA) is 84.9 Å². The minimum absolute atomic E-state index is 0.0140. The Morgan fingerprint density at radius 2 is 1.63 bits per heavy atom. The summed E-state index contributed by atoms with van der Waals surface area (Å²) in [6.07, 6.45) is 3.69. The van der Waals surface area contributed by atoms with Gasteiger partial charge in [-0.25, -0.2) is 4.39 Å². The van der Waals surface area contributed by atoms with Crippen molar-refractivity contribution in [3.05, 3.63) is 131 Å². The molecule has 4 atom stereocenters. The van der Waals surface area contributed by atoms with Crippen molar-refractivity contribution in [1.82, 2.24) is 4.90 Å². The van der Waals surface area contributed by atoms with Crippen LogP contribution < -0.4 is 14.8 Å². The summed E-state index contributed by atoms with van der Waals surface area (Å²) in [5.74, 6) is -2.72. The van der Waals surface area contributed by atoms with E-state index in [-0.39, 0.29) is 23.0 Å². The van der Waals surface area contributed by atoms with Gasteiger partial charge in [-0.05, 0) is 59.2 Å². The Morgan fingerprint density at radius 1 is 0.860 bits per heavy atom. The number of ether oxygens (including phenoxy) is 2. The van der Waals surface area contributed by atoms with Crippen LogP contribution in [-0.2, 0) is 10.2 Å². The van der Waals surface area contributed by atoms with Crippen LogP contribution in [0.25, 0.3) is 6.08 Å². The maximum atomic E-state index is 15.0. The lowest BCUT2D eigenvalue weighted by molar-refractivity contribution is -0.122. The zero-order valence-electron chi connectivity index (χ0n) is 23.4. The van der Waals surface area contributed by atoms with Crippen molar-refractivity contribution in [2.24, 2.45) is 5.92 Å². The molecule has 4 aromatic carbocycles. The number of hydrogen-bond donors (Lipinski definition) is 1. The fraction of sp³-hybridized carbons (Fsp3) is 0.171. The number of fused-ring (bicyclic) bond motifs is 6. The van der Waals surface area contributed by atoms with Crippen LogP contribution in [0.15, 0.2) is 97.2 Å². The molecule has 0 radical (unpaired) electrons. The molecule has 1 fully saturated rings. The number of ketones is 2. The largest absolute Gasteiger partial charge is 0.497 e. The molecule has 3 aliphatic rings. The number of benzene rings is 4. The van der Waals surface area contributed by atoms with E-state index < -0.39 is 35.0 Å². The number of para-hydroxylation sites is 1. The summed E-state index contributed by atoms with van der Waals surface area (Å²) >= 11 is 0. The highest BCUT2D eigenvalue weighted by molar-refractivity contribution is 6.16. The van der Waals surface area contributed by atoms with Crippen LogP contribution in [0.5, 0.6) is 11.5 Å². The van der Waals surface area contributed by atoms with E-state index in [0.29, 0.717) is 22.6 Å². The predicted molar refractivity (Wildman–Crippen MR) is 159 cm³/mol. The SMILES string of the molecule is COc1cccc(C(=O)[C@@H]2[C@@H](C(=O)c3ccc(OC)c(F)c3)[C@]3(C(=O)Nc4ccccc43)[C@H]3c4ccccc4C=CN23)c1. The second-order valence-electron chi connectivity index (χ2n) is 10.9. The highest BCUT2D eigenvalue weighted by atomic mass is 19.1. The lowest BCUT2D eigenvalue weighted by atomic mass is 9.62. The van der Waals surface area contributed by atoms with E-state index in [1.165, 1.54) is 26.4 Å². The molecule has 7 rings (SSSR count). The molecule has 4 aromatic rings. The van der Waals surface area contributed by atoms with Crippen molar-refractivity contribution in [3.63, 3.8) is 0 Å². The van der Waals surface area contributed by atoms with Gasteiger partial charge in [0.15, 0.2) is 23.1 Å². The Labute approximate surface area is 247 Å². The van der Waals surface area contributed by atoms with E-state index in [1.54, 1.807) is 36.5 Å². The molecular formula is C35H27FN2O5. The van der Waals surface area contributed by atoms with Crippen LogP contribution in [0, 0.1) is 11.7 Å². The van der Waals surface area contributed by atoms with Crippen molar-refractivity contribution in [2.45, 2.75) is 17.5 Å². The number of Topliss-reactive ketones (excluding diaryl/α,β-unsaturated/α-hetero) is 2. The first kappa shape index (κ1) is 26.6. The first-order valence-electron chi connectivity index (χ1n) is 13.9. The Bertz CT molecular complexity index is 1850. The van der Waals surface area contributed by atoms with Crippen LogP contribution >= 0.6 is 0 Å². The normalized spacial score (nSPS) is 22.9. The first-order chi connectivity index (χ1) is 20.9. The number of nitrogens with zero attached hydrogens (tertiary/aromatic N) is 1. The molecular weight excluding hydrogens is 547 g/mol. The van der Waals surface area contributed by atoms with E-state index in [0.717, 1.165) is 17.2 Å². The molecule has 1 spiro atoms. The third-order valence-electron chi connectivity index (χ3n) is 8.91. The summed E-state index contributed by atoms with van der Waals surface area (Å²) in [6.45, 7) is 0. The number of methoxy groups -OCH3 is 2. The molecule has 8 heteroatoms. The number of anilines is 1. The molecule has 1 N–H and O–H groups in total. The zero-order chi connectivity index (χ0) is 29.9. The van der Waals surface area contributed by atoms with E-state index in [9.17, 15) is 14.4 Å². The van der Waals surface area contributed by atoms with Crippen molar-refractivity contribution in [3.8, 4) is 11.5 Å². The highest BCUT2D eigenvalue weighted by Crippen LogP contribution is 2.62. The second kappa shape index (κ2) is 9.94. The second-order valence-corrected chi connectivity index (χ2v) is 10.9. The van der Waals surface area contributed by atoms with Crippen LogP contribution in [0.4, 0.5) is 10.1 Å². The molecule has 0 saturated carbocycles. The van der Waals surface area contributed by atoms with Gasteiger partial charge in [0, 0.05) is 23.0 Å². The minimum Gasteiger partial charge on any atom is -0.497 e. The number of hydrogen-bond acceptors (Lipinski definition) is 6. The number of halogens is 1. The number of carbonyl (C=O) groups excluding carboxylic acids is 3. The van der Waals surface area contributed by atoms with Gasteiger partial charge in [0.25, 0.3) is 0 Å². The number of nitrogens with one attached hydrogen (secondary N) is 1. The van der Waals surface area contributed by atoms with Crippen LogP contribution in [0.1, 0.15) is 43.4 Å². The van der Waals surface area contributed by atoms with Crippen LogP contribution in [0.2, 0.25) is 0 Å². The quantitative estimate of drug-likeness (QED) is 0.292. The summed E-state index contributed by atoms with van der Waals surface area (Å²) < 4.78 is 25.5. The summed E-state index contributed by atoms with van der Waals surface area (Å²) in [6, 6.07) is 23.8. The van der Waals surface area contributed by atoms with Gasteiger partial charge in [0.2, 0.25) is 5.91 Å². The van der Waals surface area contributed by atoms with Gasteiger partial charge in [-0.1, -0.05) is 54.6 Å². The standard InChI is InChI=1S/C35H27FN2O5/c1-42-23-10-7-9-21(18-23)32(40)30-29(31(39)22-14-15-28(43-2)26(36)19-22)35(25-12-5-6-13-27(25)37-34(35)41)33-24-11-4-3-8-20(24)16-17-38(30)33/h3-19,29-30,33H,1-2H3,(H,37,41)/t29-,30-,33+,35-/m0/s1. The van der Waals surface area contributed by atoms with Gasteiger partial charge < -0.3 is 19.7 Å². The molecule has 43 heavy (non-hydrogen) atoms. The molecule has 0 bridgehead atoms. The molecule has 1 saturated heterocycles. The van der Waals surface area contributed by atoms with Gasteiger partial charge in [0.05, 0.1) is 26.2 Å². The molecule has 3 aliphatic heterocycles. The molecule has 1 amide bonds. The van der Waals surface area contributed by atoms with Gasteiger partial charge in [-0.3, -0.25) is 14.4 Å². The summed E-state index contributed by atoms with van der Waals surface area (Å²) in [4.78, 5) is 45.8. The minimum atomic E-state index is -1.51. The van der Waals surface area contributed by atoms with E-state index in [2.05, 4.69) is 5.32 Å². The third-order valence-corrected chi connectivity index (χ3v) is 8.91. The smallest absolute Gasteiger partial charge is 0.238 e. The van der Waals surface area contributed by atoms with Crippen molar-refractivity contribution < 1.29 is 28.2 Å². The van der Waals surface area contributed by atoms with Crippen LogP contribution in [-0.4, -0.2) is 42.6 Å². The van der Waals surface area contributed by atoms with E-state index >= 15 is 4.39 Å². The zero-order valence-corrected chi connectivity index (χ0v) is 23.4. The highest BCUT2D eigenvalue weighted by Gasteiger charge is 2.70. The molecule has 7 nitrogen and oxygen atoms in total. The Morgan fingerprint density at radius 3 is 2.42 bits per heavy atom. The lowest BCUT2D eigenvalue weighted by Gasteiger charge is -2.38. The number of amides is 1. The fourth-order valence-corrected chi connectivity index (χ4v) is 7.11. The Hall–Kier alpha value is -5.24. The molecule has 3 heterocycles. The maximum absolute atomic E-state index is 15.0. The van der Waals surface area contributed by atoms with Crippen LogP contribution in [0.3, 0.4) is 0 Å². The van der Waals surface area contributed by atoms with E-state index in [1.807, 2.05) is 53.4 Å². The monoisotopic (exact) mass is 574 g/mol. The lowest BCUT2D eigenvalue weighted by Crippen LogP contribution is -2.49. The summed E-state index contributed by atoms with van der Waals surface area (Å²) in [5, 5.41) is 3.01. The molecule has 0 aliphatic carbocycles. The summed E-state index contributed by atoms with van der Waals surface area (Å²) in [5.41, 5.74) is 1.76. The van der Waals surface area contributed by atoms with Crippen molar-refractivity contribution in [2.75, 3.05) is 19.5 Å². The first-order valence-corrected chi connectivity index (χ1v) is 13.9. The van der Waals surface area contributed by atoms with Gasteiger partial charge in [-0.15, -0.1) is 0 Å². The summed E-state index contributed by atoms with van der Waals surface area (Å²) in [7, 11) is 2.86. The fourth-order valence-electron chi connectivity index (χ4n) is 7.11. The maximum Gasteiger partial charge on any atom is 0.238 e. The Balaban J connectivity index is 1.52. The predicted octanol–water partition coefficient (Wildman–Crippen LogP) is 5.82. The van der Waals surface area contributed by atoms with E-state index in [4.69, 9.17) is 9.47 Å². The molecule has 0 aromatic heterocycles.